The molecule has 0 saturated carbocycles. The molecule has 0 saturated heterocycles. The van der Waals surface area contributed by atoms with E-state index in [1.165, 1.54) is 0 Å². The van der Waals surface area contributed by atoms with Crippen molar-refractivity contribution in [3.8, 4) is 5.75 Å². The van der Waals surface area contributed by atoms with Crippen LogP contribution in [0.15, 0.2) is 54.6 Å². The highest BCUT2D eigenvalue weighted by Crippen LogP contribution is 2.14. The molecule has 0 aliphatic carbocycles. The van der Waals surface area contributed by atoms with Gasteiger partial charge in [-0.3, -0.25) is 4.79 Å². The van der Waals surface area contributed by atoms with Gasteiger partial charge in [0.05, 0.1) is 19.6 Å². The van der Waals surface area contributed by atoms with Crippen molar-refractivity contribution in [2.75, 3.05) is 26.9 Å². The maximum atomic E-state index is 12.7. The molecule has 0 aliphatic heterocycles. The van der Waals surface area contributed by atoms with Crippen LogP contribution in [-0.2, 0) is 22.5 Å². The number of benzene rings is 2. The summed E-state index contributed by atoms with van der Waals surface area (Å²) in [5.74, 6) is 0.925. The highest BCUT2D eigenvalue weighted by atomic mass is 16.5. The van der Waals surface area contributed by atoms with Gasteiger partial charge in [-0.25, -0.2) is 0 Å². The third-order valence-corrected chi connectivity index (χ3v) is 3.72. The van der Waals surface area contributed by atoms with Crippen molar-refractivity contribution in [2.24, 2.45) is 0 Å². The average Bonchev–Trinajstić information content (AvgIpc) is 2.61. The summed E-state index contributed by atoms with van der Waals surface area (Å²) < 4.78 is 10.6. The third-order valence-electron chi connectivity index (χ3n) is 3.72. The van der Waals surface area contributed by atoms with Gasteiger partial charge in [0.2, 0.25) is 5.91 Å². The number of methoxy groups -OCH3 is 1. The third kappa shape index (κ3) is 5.70. The second kappa shape index (κ2) is 9.73. The fraction of sp³-hybridized carbons (Fsp3) is 0.350. The molecule has 0 bridgehead atoms. The minimum atomic E-state index is 0.0973. The number of nitrogens with zero attached hydrogens (tertiary/aromatic N) is 1. The van der Waals surface area contributed by atoms with Gasteiger partial charge in [-0.1, -0.05) is 42.5 Å². The average molecular weight is 327 g/mol. The number of hydrogen-bond acceptors (Lipinski definition) is 3. The molecule has 0 heterocycles. The molecule has 1 amide bonds. The Kier molecular flexibility index (Phi) is 7.30. The van der Waals surface area contributed by atoms with Gasteiger partial charge >= 0.3 is 0 Å². The molecule has 2 rings (SSSR count). The van der Waals surface area contributed by atoms with Crippen LogP contribution in [-0.4, -0.2) is 37.7 Å². The van der Waals surface area contributed by atoms with Crippen molar-refractivity contribution in [3.63, 3.8) is 0 Å². The van der Waals surface area contributed by atoms with Gasteiger partial charge in [0.1, 0.15) is 5.75 Å². The Morgan fingerprint density at radius 2 is 1.71 bits per heavy atom. The van der Waals surface area contributed by atoms with Crippen molar-refractivity contribution >= 4 is 5.91 Å². The Morgan fingerprint density at radius 3 is 2.33 bits per heavy atom. The van der Waals surface area contributed by atoms with E-state index >= 15 is 0 Å². The lowest BCUT2D eigenvalue weighted by Gasteiger charge is -2.22. The fourth-order valence-corrected chi connectivity index (χ4v) is 2.45. The Balaban J connectivity index is 2.00. The monoisotopic (exact) mass is 327 g/mol. The van der Waals surface area contributed by atoms with Gasteiger partial charge in [0.25, 0.3) is 0 Å². The van der Waals surface area contributed by atoms with Crippen molar-refractivity contribution in [2.45, 2.75) is 19.9 Å². The van der Waals surface area contributed by atoms with E-state index in [4.69, 9.17) is 9.47 Å². The van der Waals surface area contributed by atoms with Gasteiger partial charge in [0.15, 0.2) is 0 Å². The molecule has 0 atom stereocenters. The summed E-state index contributed by atoms with van der Waals surface area (Å²) in [7, 11) is 1.65. The van der Waals surface area contributed by atoms with Crippen molar-refractivity contribution < 1.29 is 14.3 Å². The van der Waals surface area contributed by atoms with Crippen molar-refractivity contribution in [1.82, 2.24) is 4.90 Å². The zero-order valence-corrected chi connectivity index (χ0v) is 14.4. The first-order valence-electron chi connectivity index (χ1n) is 8.25. The van der Waals surface area contributed by atoms with E-state index in [1.54, 1.807) is 7.11 Å². The van der Waals surface area contributed by atoms with Crippen LogP contribution in [0, 0.1) is 0 Å². The lowest BCUT2D eigenvalue weighted by molar-refractivity contribution is -0.131. The smallest absolute Gasteiger partial charge is 0.227 e. The Morgan fingerprint density at radius 1 is 1.00 bits per heavy atom. The lowest BCUT2D eigenvalue weighted by Crippen LogP contribution is -2.34. The molecule has 0 unspecified atom stereocenters. The van der Waals surface area contributed by atoms with Crippen LogP contribution < -0.4 is 4.74 Å². The largest absolute Gasteiger partial charge is 0.494 e. The second-order valence-corrected chi connectivity index (χ2v) is 5.55. The first kappa shape index (κ1) is 18.0. The molecule has 4 nitrogen and oxygen atoms in total. The molecule has 0 spiro atoms. The molecule has 2 aromatic carbocycles. The minimum Gasteiger partial charge on any atom is -0.494 e. The van der Waals surface area contributed by atoms with Gasteiger partial charge in [-0.2, -0.15) is 0 Å². The fourth-order valence-electron chi connectivity index (χ4n) is 2.45. The van der Waals surface area contributed by atoms with Crippen LogP contribution in [0.3, 0.4) is 0 Å². The summed E-state index contributed by atoms with van der Waals surface area (Å²) >= 11 is 0. The summed E-state index contributed by atoms with van der Waals surface area (Å²) in [6.07, 6.45) is 0.378. The van der Waals surface area contributed by atoms with E-state index in [-0.39, 0.29) is 5.91 Å². The highest BCUT2D eigenvalue weighted by Gasteiger charge is 2.14. The molecule has 2 aromatic rings. The topological polar surface area (TPSA) is 38.8 Å². The number of amides is 1. The van der Waals surface area contributed by atoms with Gasteiger partial charge < -0.3 is 14.4 Å². The van der Waals surface area contributed by atoms with Crippen molar-refractivity contribution in [3.05, 3.63) is 65.7 Å². The molecule has 24 heavy (non-hydrogen) atoms. The van der Waals surface area contributed by atoms with E-state index < -0.39 is 0 Å². The molecular weight excluding hydrogens is 302 g/mol. The van der Waals surface area contributed by atoms with Crippen LogP contribution in [0.5, 0.6) is 5.75 Å². The minimum absolute atomic E-state index is 0.0973. The van der Waals surface area contributed by atoms with Crippen LogP contribution in [0.2, 0.25) is 0 Å². The molecule has 0 aromatic heterocycles. The molecule has 4 heteroatoms. The van der Waals surface area contributed by atoms with Crippen LogP contribution in [0.25, 0.3) is 0 Å². The first-order valence-corrected chi connectivity index (χ1v) is 8.25. The van der Waals surface area contributed by atoms with E-state index in [2.05, 4.69) is 0 Å². The van der Waals surface area contributed by atoms with Crippen LogP contribution in [0.4, 0.5) is 0 Å². The quantitative estimate of drug-likeness (QED) is 0.709. The number of ether oxygens (including phenoxy) is 2. The van der Waals surface area contributed by atoms with Gasteiger partial charge in [-0.15, -0.1) is 0 Å². The molecule has 128 valence electrons. The number of rotatable bonds is 9. The molecule has 0 N–H and O–H groups in total. The number of carbonyl (C=O) groups is 1. The maximum Gasteiger partial charge on any atom is 0.227 e. The Hall–Kier alpha value is -2.33. The highest BCUT2D eigenvalue weighted by molar-refractivity contribution is 5.78. The van der Waals surface area contributed by atoms with Crippen LogP contribution in [0.1, 0.15) is 18.1 Å². The van der Waals surface area contributed by atoms with E-state index in [9.17, 15) is 4.79 Å². The second-order valence-electron chi connectivity index (χ2n) is 5.55. The van der Waals surface area contributed by atoms with Crippen molar-refractivity contribution in [1.29, 1.82) is 0 Å². The van der Waals surface area contributed by atoms with E-state index in [0.717, 1.165) is 16.9 Å². The summed E-state index contributed by atoms with van der Waals surface area (Å²) in [6, 6.07) is 17.7. The Bertz CT molecular complexity index is 611. The normalized spacial score (nSPS) is 10.4. The standard InChI is InChI=1S/C20H25NO3/c1-3-24-19-11-9-17(10-12-19)15-20(22)21(13-14-23-2)16-18-7-5-4-6-8-18/h4-12H,3,13-16H2,1-2H3. The number of carbonyl (C=O) groups excluding carboxylic acids is 1. The summed E-state index contributed by atoms with van der Waals surface area (Å²) in [5, 5.41) is 0. The van der Waals surface area contributed by atoms with Gasteiger partial charge in [-0.05, 0) is 30.2 Å². The predicted octanol–water partition coefficient (Wildman–Crippen LogP) is 3.30. The lowest BCUT2D eigenvalue weighted by atomic mass is 10.1. The SMILES string of the molecule is CCOc1ccc(CC(=O)N(CCOC)Cc2ccccc2)cc1. The summed E-state index contributed by atoms with van der Waals surface area (Å²) in [5.41, 5.74) is 2.10. The summed E-state index contributed by atoms with van der Waals surface area (Å²) in [4.78, 5) is 14.5. The first-order chi connectivity index (χ1) is 11.7. The Labute approximate surface area is 144 Å². The molecule has 0 radical (unpaired) electrons. The van der Waals surface area contributed by atoms with Gasteiger partial charge in [0, 0.05) is 20.2 Å². The van der Waals surface area contributed by atoms with E-state index in [0.29, 0.717) is 32.7 Å². The molecule has 0 fully saturated rings. The van der Waals surface area contributed by atoms with Crippen LogP contribution >= 0.6 is 0 Å². The zero-order chi connectivity index (χ0) is 17.2. The summed E-state index contributed by atoms with van der Waals surface area (Å²) in [6.45, 7) is 4.30. The predicted molar refractivity (Wildman–Crippen MR) is 95.1 cm³/mol. The zero-order valence-electron chi connectivity index (χ0n) is 14.4. The maximum absolute atomic E-state index is 12.7. The molecular formula is C20H25NO3. The van der Waals surface area contributed by atoms with E-state index in [1.807, 2.05) is 66.4 Å². The molecule has 0 aliphatic rings. The number of hydrogen-bond donors (Lipinski definition) is 0.